The van der Waals surface area contributed by atoms with Crippen LogP contribution < -0.4 is 0 Å². The van der Waals surface area contributed by atoms with Crippen molar-refractivity contribution in [1.82, 2.24) is 4.31 Å². The number of nitrogens with zero attached hydrogens (tertiary/aromatic N) is 1. The molecule has 0 spiro atoms. The number of piperidine rings is 1. The highest BCUT2D eigenvalue weighted by molar-refractivity contribution is 7.89. The maximum Gasteiger partial charge on any atom is 0.217 e. The first-order valence-corrected chi connectivity index (χ1v) is 7.14. The zero-order valence-electron chi connectivity index (χ0n) is 9.15. The fourth-order valence-electron chi connectivity index (χ4n) is 1.66. The van der Waals surface area contributed by atoms with Crippen LogP contribution in [0.4, 0.5) is 0 Å². The lowest BCUT2D eigenvalue weighted by Crippen LogP contribution is -2.46. The lowest BCUT2D eigenvalue weighted by molar-refractivity contribution is 0.0570. The number of sulfonamides is 1. The van der Waals surface area contributed by atoms with Gasteiger partial charge in [0.25, 0.3) is 0 Å². The van der Waals surface area contributed by atoms with E-state index in [9.17, 15) is 8.42 Å². The molecule has 0 aliphatic carbocycles. The van der Waals surface area contributed by atoms with E-state index in [1.165, 1.54) is 4.31 Å². The van der Waals surface area contributed by atoms with E-state index in [2.05, 4.69) is 0 Å². The van der Waals surface area contributed by atoms with Gasteiger partial charge < -0.3 is 4.74 Å². The maximum absolute atomic E-state index is 12.0. The fraction of sp³-hybridized carbons (Fsp3) is 1.00. The number of halogens is 1. The number of alkyl halides is 1. The first-order valence-electron chi connectivity index (χ1n) is 5.10. The molecule has 0 aromatic carbocycles. The molecule has 6 heteroatoms. The van der Waals surface area contributed by atoms with Crippen molar-refractivity contribution in [3.05, 3.63) is 0 Å². The van der Waals surface area contributed by atoms with Gasteiger partial charge in [-0.2, -0.15) is 4.31 Å². The summed E-state index contributed by atoms with van der Waals surface area (Å²) in [6.07, 6.45) is 1.81. The van der Waals surface area contributed by atoms with Crippen LogP contribution in [0.25, 0.3) is 0 Å². The first kappa shape index (κ1) is 13.2. The smallest absolute Gasteiger partial charge is 0.217 e. The summed E-state index contributed by atoms with van der Waals surface area (Å²) in [5.74, 6) is 0.135. The normalized spacial score (nSPS) is 26.5. The van der Waals surface area contributed by atoms with Crippen molar-refractivity contribution < 1.29 is 13.2 Å². The average molecular weight is 256 g/mol. The van der Waals surface area contributed by atoms with E-state index in [4.69, 9.17) is 16.3 Å². The molecule has 1 heterocycles. The Morgan fingerprint density at radius 3 is 2.80 bits per heavy atom. The molecule has 15 heavy (non-hydrogen) atoms. The fourth-order valence-corrected chi connectivity index (χ4v) is 3.57. The van der Waals surface area contributed by atoms with Gasteiger partial charge in [0.05, 0.1) is 11.4 Å². The molecular weight excluding hydrogens is 238 g/mol. The summed E-state index contributed by atoms with van der Waals surface area (Å²) in [6.45, 7) is 2.68. The van der Waals surface area contributed by atoms with Crippen LogP contribution in [0.5, 0.6) is 0 Å². The monoisotopic (exact) mass is 255 g/mol. The van der Waals surface area contributed by atoms with Crippen LogP contribution in [0.2, 0.25) is 0 Å². The van der Waals surface area contributed by atoms with Crippen molar-refractivity contribution >= 4 is 21.6 Å². The van der Waals surface area contributed by atoms with Crippen LogP contribution in [-0.4, -0.2) is 50.2 Å². The molecule has 0 saturated carbocycles. The van der Waals surface area contributed by atoms with E-state index in [-0.39, 0.29) is 12.0 Å². The Bertz CT molecular complexity index is 294. The molecule has 0 bridgehead atoms. The van der Waals surface area contributed by atoms with Crippen LogP contribution in [0, 0.1) is 0 Å². The Morgan fingerprint density at radius 1 is 1.60 bits per heavy atom. The number of ether oxygens (including phenoxy) is 1. The van der Waals surface area contributed by atoms with Crippen molar-refractivity contribution in [3.63, 3.8) is 0 Å². The second-order valence-corrected chi connectivity index (χ2v) is 6.53. The van der Waals surface area contributed by atoms with Gasteiger partial charge in [-0.3, -0.25) is 0 Å². The van der Waals surface area contributed by atoms with Crippen molar-refractivity contribution in [2.75, 3.05) is 26.1 Å². The van der Waals surface area contributed by atoms with E-state index >= 15 is 0 Å². The van der Waals surface area contributed by atoms with Gasteiger partial charge >= 0.3 is 0 Å². The molecule has 0 N–H and O–H groups in total. The quantitative estimate of drug-likeness (QED) is 0.706. The molecule has 0 amide bonds. The standard InChI is InChI=1S/C9H18ClNO3S/c1-8(6-10)15(12,13)11-5-3-4-9(7-11)14-2/h8-9H,3-7H2,1-2H3. The predicted molar refractivity (Wildman–Crippen MR) is 60.7 cm³/mol. The number of hydrogen-bond donors (Lipinski definition) is 0. The molecule has 1 aliphatic rings. The van der Waals surface area contributed by atoms with E-state index < -0.39 is 15.3 Å². The summed E-state index contributed by atoms with van der Waals surface area (Å²) in [4.78, 5) is 0. The van der Waals surface area contributed by atoms with Crippen LogP contribution in [0.1, 0.15) is 19.8 Å². The summed E-state index contributed by atoms with van der Waals surface area (Å²) in [6, 6.07) is 0. The summed E-state index contributed by atoms with van der Waals surface area (Å²) < 4.78 is 30.6. The van der Waals surface area contributed by atoms with E-state index in [1.807, 2.05) is 0 Å². The third-order valence-corrected chi connectivity index (χ3v) is 5.64. The zero-order valence-corrected chi connectivity index (χ0v) is 10.7. The van der Waals surface area contributed by atoms with Gasteiger partial charge in [-0.05, 0) is 19.8 Å². The summed E-state index contributed by atoms with van der Waals surface area (Å²) in [7, 11) is -1.62. The molecule has 0 radical (unpaired) electrons. The Labute approximate surface area is 96.6 Å². The lowest BCUT2D eigenvalue weighted by atomic mass is 10.1. The first-order chi connectivity index (χ1) is 7.02. The van der Waals surface area contributed by atoms with Crippen LogP contribution >= 0.6 is 11.6 Å². The molecule has 0 aromatic rings. The van der Waals surface area contributed by atoms with Crippen molar-refractivity contribution in [2.45, 2.75) is 31.1 Å². The highest BCUT2D eigenvalue weighted by Gasteiger charge is 2.32. The second-order valence-electron chi connectivity index (χ2n) is 3.87. The minimum Gasteiger partial charge on any atom is -0.380 e. The molecule has 1 saturated heterocycles. The Balaban J connectivity index is 2.70. The number of hydrogen-bond acceptors (Lipinski definition) is 3. The maximum atomic E-state index is 12.0. The summed E-state index contributed by atoms with van der Waals surface area (Å²) in [5.41, 5.74) is 0. The summed E-state index contributed by atoms with van der Waals surface area (Å²) >= 11 is 5.59. The van der Waals surface area contributed by atoms with Gasteiger partial charge in [-0.15, -0.1) is 11.6 Å². The number of rotatable bonds is 4. The molecule has 1 rings (SSSR count). The molecule has 90 valence electrons. The van der Waals surface area contributed by atoms with Gasteiger partial charge in [0.1, 0.15) is 0 Å². The predicted octanol–water partition coefficient (Wildman–Crippen LogP) is 1.05. The van der Waals surface area contributed by atoms with E-state index in [0.29, 0.717) is 13.1 Å². The summed E-state index contributed by atoms with van der Waals surface area (Å²) in [5, 5.41) is -0.519. The molecular formula is C9H18ClNO3S. The van der Waals surface area contributed by atoms with Gasteiger partial charge in [0.15, 0.2) is 0 Å². The Hall–Kier alpha value is 0.160. The largest absolute Gasteiger partial charge is 0.380 e. The highest BCUT2D eigenvalue weighted by atomic mass is 35.5. The molecule has 2 atom stereocenters. The van der Waals surface area contributed by atoms with Crippen LogP contribution in [-0.2, 0) is 14.8 Å². The van der Waals surface area contributed by atoms with Crippen LogP contribution in [0.3, 0.4) is 0 Å². The minimum atomic E-state index is -3.23. The second kappa shape index (κ2) is 5.48. The van der Waals surface area contributed by atoms with Gasteiger partial charge in [0.2, 0.25) is 10.0 Å². The van der Waals surface area contributed by atoms with Gasteiger partial charge in [0, 0.05) is 26.1 Å². The average Bonchev–Trinajstić information content (AvgIpc) is 2.27. The zero-order chi connectivity index (χ0) is 11.5. The van der Waals surface area contributed by atoms with Crippen LogP contribution in [0.15, 0.2) is 0 Å². The van der Waals surface area contributed by atoms with E-state index in [1.54, 1.807) is 14.0 Å². The minimum absolute atomic E-state index is 0.0241. The third-order valence-electron chi connectivity index (χ3n) is 2.76. The molecule has 0 aromatic heterocycles. The van der Waals surface area contributed by atoms with Gasteiger partial charge in [-0.25, -0.2) is 8.42 Å². The van der Waals surface area contributed by atoms with E-state index in [0.717, 1.165) is 12.8 Å². The van der Waals surface area contributed by atoms with Crippen molar-refractivity contribution in [1.29, 1.82) is 0 Å². The van der Waals surface area contributed by atoms with Gasteiger partial charge in [-0.1, -0.05) is 0 Å². The SMILES string of the molecule is COC1CCCN(S(=O)(=O)C(C)CCl)C1. The molecule has 2 unspecified atom stereocenters. The molecule has 1 fully saturated rings. The Morgan fingerprint density at radius 2 is 2.27 bits per heavy atom. The topological polar surface area (TPSA) is 46.6 Å². The molecule has 1 aliphatic heterocycles. The van der Waals surface area contributed by atoms with Crippen molar-refractivity contribution in [2.24, 2.45) is 0 Å². The Kier molecular flexibility index (Phi) is 4.83. The highest BCUT2D eigenvalue weighted by Crippen LogP contribution is 2.19. The lowest BCUT2D eigenvalue weighted by Gasteiger charge is -2.32. The number of methoxy groups -OCH3 is 1. The van der Waals surface area contributed by atoms with Crippen molar-refractivity contribution in [3.8, 4) is 0 Å². The molecule has 4 nitrogen and oxygen atoms in total. The third kappa shape index (κ3) is 3.06.